The highest BCUT2D eigenvalue weighted by Gasteiger charge is 2.15. The van der Waals surface area contributed by atoms with Crippen LogP contribution in [-0.4, -0.2) is 20.9 Å². The van der Waals surface area contributed by atoms with Gasteiger partial charge in [0.15, 0.2) is 5.65 Å². The largest absolute Gasteiger partial charge is 0.399 e. The molecular weight excluding hydrogens is 560 g/mol. The molecule has 190 valence electrons. The maximum absolute atomic E-state index is 13.1. The molecule has 0 fully saturated rings. The Hall–Kier alpha value is -3.95. The minimum absolute atomic E-state index is 0.217. The van der Waals surface area contributed by atoms with Crippen LogP contribution in [0.15, 0.2) is 99.5 Å². The first-order valence-electron chi connectivity index (χ1n) is 12.0. The fraction of sp³-hybridized carbons (Fsp3) is 0.103. The zero-order valence-corrected chi connectivity index (χ0v) is 23.2. The second-order valence-corrected chi connectivity index (χ2v) is 11.0. The van der Waals surface area contributed by atoms with E-state index < -0.39 is 0 Å². The third kappa shape index (κ3) is 5.95. The molecule has 0 aliphatic heterocycles. The minimum atomic E-state index is -0.217. The summed E-state index contributed by atoms with van der Waals surface area (Å²) in [4.78, 5) is 28.7. The minimum Gasteiger partial charge on any atom is -0.399 e. The number of aromatic nitrogens is 3. The highest BCUT2D eigenvalue weighted by Crippen LogP contribution is 2.37. The SMILES string of the molecule is CC(C)c1ccc2c(Nc3cc(C(=O)Nc4cccc(Br)c4)ccc3Sc3ccc(N)cc3)ncnc2n1. The van der Waals surface area contributed by atoms with Crippen molar-refractivity contribution in [2.75, 3.05) is 16.4 Å². The smallest absolute Gasteiger partial charge is 0.255 e. The van der Waals surface area contributed by atoms with E-state index in [1.807, 2.05) is 78.9 Å². The summed E-state index contributed by atoms with van der Waals surface area (Å²) >= 11 is 5.01. The monoisotopic (exact) mass is 584 g/mol. The highest BCUT2D eigenvalue weighted by molar-refractivity contribution is 9.10. The number of anilines is 4. The third-order valence-electron chi connectivity index (χ3n) is 5.80. The Labute approximate surface area is 233 Å². The number of nitrogen functional groups attached to an aromatic ring is 1. The highest BCUT2D eigenvalue weighted by atomic mass is 79.9. The second-order valence-electron chi connectivity index (χ2n) is 8.96. The molecule has 0 radical (unpaired) electrons. The number of rotatable bonds is 7. The summed E-state index contributed by atoms with van der Waals surface area (Å²) in [6.07, 6.45) is 1.50. The molecule has 0 atom stereocenters. The molecule has 7 nitrogen and oxygen atoms in total. The van der Waals surface area contributed by atoms with Gasteiger partial charge in [0.1, 0.15) is 12.1 Å². The summed E-state index contributed by atoms with van der Waals surface area (Å²) in [5, 5.41) is 7.19. The van der Waals surface area contributed by atoms with Gasteiger partial charge in [-0.3, -0.25) is 4.79 Å². The van der Waals surface area contributed by atoms with E-state index in [1.165, 1.54) is 6.33 Å². The van der Waals surface area contributed by atoms with Crippen LogP contribution in [0.4, 0.5) is 22.9 Å². The van der Waals surface area contributed by atoms with Crippen LogP contribution in [0.3, 0.4) is 0 Å². The van der Waals surface area contributed by atoms with Crippen molar-refractivity contribution in [3.63, 3.8) is 0 Å². The first-order valence-corrected chi connectivity index (χ1v) is 13.6. The van der Waals surface area contributed by atoms with Crippen LogP contribution in [-0.2, 0) is 0 Å². The second kappa shape index (κ2) is 11.2. The third-order valence-corrected chi connectivity index (χ3v) is 7.37. The van der Waals surface area contributed by atoms with Crippen molar-refractivity contribution in [3.8, 4) is 0 Å². The standard InChI is InChI=1S/C29H25BrN6OS/c1-17(2)24-12-11-23-27(35-24)32-16-33-28(23)36-25-14-18(29(37)34-21-5-3-4-19(30)15-21)6-13-26(25)38-22-9-7-20(31)8-10-22/h3-17H,31H2,1-2H3,(H,34,37)(H,32,33,35,36). The quantitative estimate of drug-likeness (QED) is 0.169. The number of nitrogens with two attached hydrogens (primary N) is 1. The van der Waals surface area contributed by atoms with Crippen LogP contribution in [0, 0.1) is 0 Å². The molecule has 3 aromatic carbocycles. The van der Waals surface area contributed by atoms with Crippen molar-refractivity contribution in [1.82, 2.24) is 15.0 Å². The Morgan fingerprint density at radius 2 is 1.79 bits per heavy atom. The first-order chi connectivity index (χ1) is 18.4. The molecule has 2 aromatic heterocycles. The van der Waals surface area contributed by atoms with Crippen LogP contribution in [0.2, 0.25) is 0 Å². The fourth-order valence-electron chi connectivity index (χ4n) is 3.80. The lowest BCUT2D eigenvalue weighted by atomic mass is 10.1. The topological polar surface area (TPSA) is 106 Å². The van der Waals surface area contributed by atoms with E-state index in [0.29, 0.717) is 28.4 Å². The van der Waals surface area contributed by atoms with Gasteiger partial charge in [-0.25, -0.2) is 15.0 Å². The number of amides is 1. The lowest BCUT2D eigenvalue weighted by molar-refractivity contribution is 0.102. The molecule has 0 saturated carbocycles. The molecule has 0 unspecified atom stereocenters. The molecular formula is C29H25BrN6OS. The van der Waals surface area contributed by atoms with Crippen molar-refractivity contribution in [2.45, 2.75) is 29.6 Å². The Morgan fingerprint density at radius 1 is 0.974 bits per heavy atom. The molecule has 5 aromatic rings. The summed E-state index contributed by atoms with van der Waals surface area (Å²) < 4.78 is 0.887. The van der Waals surface area contributed by atoms with E-state index in [9.17, 15) is 4.79 Å². The lowest BCUT2D eigenvalue weighted by Gasteiger charge is -2.15. The predicted molar refractivity (Wildman–Crippen MR) is 158 cm³/mol. The maximum Gasteiger partial charge on any atom is 0.255 e. The van der Waals surface area contributed by atoms with Crippen molar-refractivity contribution >= 4 is 67.5 Å². The lowest BCUT2D eigenvalue weighted by Crippen LogP contribution is -2.12. The van der Waals surface area contributed by atoms with Gasteiger partial charge < -0.3 is 16.4 Å². The van der Waals surface area contributed by atoms with Crippen molar-refractivity contribution in [1.29, 1.82) is 0 Å². The average molecular weight is 586 g/mol. The average Bonchev–Trinajstić information content (AvgIpc) is 2.90. The van der Waals surface area contributed by atoms with Gasteiger partial charge >= 0.3 is 0 Å². The van der Waals surface area contributed by atoms with E-state index in [-0.39, 0.29) is 11.8 Å². The van der Waals surface area contributed by atoms with E-state index in [2.05, 4.69) is 50.4 Å². The van der Waals surface area contributed by atoms with Crippen LogP contribution in [0.5, 0.6) is 0 Å². The summed E-state index contributed by atoms with van der Waals surface area (Å²) in [5.74, 6) is 0.682. The fourth-order valence-corrected chi connectivity index (χ4v) is 5.08. The number of hydrogen-bond acceptors (Lipinski definition) is 7. The number of pyridine rings is 1. The number of nitrogens with one attached hydrogen (secondary N) is 2. The molecule has 0 aliphatic rings. The Balaban J connectivity index is 1.52. The Kier molecular flexibility index (Phi) is 7.57. The van der Waals surface area contributed by atoms with Gasteiger partial charge in [-0.2, -0.15) is 0 Å². The number of benzene rings is 3. The number of nitrogens with zero attached hydrogens (tertiary/aromatic N) is 3. The molecule has 0 bridgehead atoms. The number of carbonyl (C=O) groups is 1. The van der Waals surface area contributed by atoms with Crippen LogP contribution >= 0.6 is 27.7 Å². The molecule has 0 saturated heterocycles. The first kappa shape index (κ1) is 25.7. The van der Waals surface area contributed by atoms with E-state index >= 15 is 0 Å². The van der Waals surface area contributed by atoms with Crippen molar-refractivity contribution in [3.05, 3.63) is 101 Å². The summed E-state index contributed by atoms with van der Waals surface area (Å²) in [6, 6.07) is 24.7. The van der Waals surface area contributed by atoms with Crippen LogP contribution in [0.25, 0.3) is 11.0 Å². The predicted octanol–water partition coefficient (Wildman–Crippen LogP) is 7.64. The van der Waals surface area contributed by atoms with Gasteiger partial charge in [0, 0.05) is 36.9 Å². The molecule has 0 aliphatic carbocycles. The zero-order valence-electron chi connectivity index (χ0n) is 20.8. The summed E-state index contributed by atoms with van der Waals surface area (Å²) in [6.45, 7) is 4.19. The van der Waals surface area contributed by atoms with Gasteiger partial charge in [-0.1, -0.05) is 47.6 Å². The van der Waals surface area contributed by atoms with Gasteiger partial charge in [-0.05, 0) is 78.7 Å². The summed E-state index contributed by atoms with van der Waals surface area (Å²) in [5.41, 5.74) is 10.1. The van der Waals surface area contributed by atoms with Crippen LogP contribution in [0.1, 0.15) is 35.8 Å². The molecule has 9 heteroatoms. The van der Waals surface area contributed by atoms with Gasteiger partial charge in [0.2, 0.25) is 0 Å². The normalized spacial score (nSPS) is 11.1. The zero-order chi connectivity index (χ0) is 26.6. The Bertz CT molecular complexity index is 1620. The van der Waals surface area contributed by atoms with Crippen LogP contribution < -0.4 is 16.4 Å². The number of carbonyl (C=O) groups excluding carboxylic acids is 1. The van der Waals surface area contributed by atoms with E-state index in [0.717, 1.165) is 31.0 Å². The molecule has 2 heterocycles. The number of fused-ring (bicyclic) bond motifs is 1. The maximum atomic E-state index is 13.1. The van der Waals surface area contributed by atoms with Gasteiger partial charge in [0.25, 0.3) is 5.91 Å². The van der Waals surface area contributed by atoms with Gasteiger partial charge in [-0.15, -0.1) is 0 Å². The number of hydrogen-bond donors (Lipinski definition) is 3. The van der Waals surface area contributed by atoms with Gasteiger partial charge in [0.05, 0.1) is 11.1 Å². The molecule has 0 spiro atoms. The Morgan fingerprint density at radius 3 is 2.55 bits per heavy atom. The van der Waals surface area contributed by atoms with E-state index in [4.69, 9.17) is 10.7 Å². The van der Waals surface area contributed by atoms with E-state index in [1.54, 1.807) is 11.8 Å². The van der Waals surface area contributed by atoms with Crippen molar-refractivity contribution in [2.24, 2.45) is 0 Å². The van der Waals surface area contributed by atoms with Crippen molar-refractivity contribution < 1.29 is 4.79 Å². The number of halogens is 1. The molecule has 38 heavy (non-hydrogen) atoms. The molecule has 5 rings (SSSR count). The summed E-state index contributed by atoms with van der Waals surface area (Å²) in [7, 11) is 0. The molecule has 1 amide bonds. The molecule has 4 N–H and O–H groups in total.